The third-order valence-corrected chi connectivity index (χ3v) is 8.41. The van der Waals surface area contributed by atoms with Crippen LogP contribution in [0.1, 0.15) is 128 Å². The van der Waals surface area contributed by atoms with Crippen LogP contribution < -0.4 is 0 Å². The van der Waals surface area contributed by atoms with Crippen LogP contribution >= 0.6 is 31.9 Å². The minimum absolute atomic E-state index is 0.994. The zero-order valence-corrected chi connectivity index (χ0v) is 23.7. The summed E-state index contributed by atoms with van der Waals surface area (Å²) in [4.78, 5) is 10.2. The monoisotopic (exact) mass is 566 g/mol. The van der Waals surface area contributed by atoms with Crippen LogP contribution in [-0.2, 0) is 12.8 Å². The van der Waals surface area contributed by atoms with Crippen LogP contribution in [-0.4, -0.2) is 9.97 Å². The second-order valence-corrected chi connectivity index (χ2v) is 10.9. The fourth-order valence-corrected chi connectivity index (χ4v) is 5.13. The number of rotatable bonds is 18. The summed E-state index contributed by atoms with van der Waals surface area (Å²) in [5.74, 6) is 0. The number of benzene rings is 1. The highest BCUT2D eigenvalue weighted by molar-refractivity contribution is 9.13. The third-order valence-electron chi connectivity index (χ3n) is 6.42. The highest BCUT2D eigenvalue weighted by Crippen LogP contribution is 2.30. The van der Waals surface area contributed by atoms with E-state index in [4.69, 9.17) is 9.97 Å². The summed E-state index contributed by atoms with van der Waals surface area (Å²) in [5.41, 5.74) is 4.47. The van der Waals surface area contributed by atoms with Crippen molar-refractivity contribution in [1.29, 1.82) is 0 Å². The average Bonchev–Trinajstić information content (AvgIpc) is 2.80. The predicted octanol–water partition coefficient (Wildman–Crippen LogP) is 10.5. The van der Waals surface area contributed by atoms with Gasteiger partial charge in [0, 0.05) is 4.47 Å². The van der Waals surface area contributed by atoms with Gasteiger partial charge in [0.25, 0.3) is 0 Å². The standard InChI is InChI=1S/C28H44Br2N2/c1-3-5-7-9-11-13-15-17-19-24-25(20-18-16-14-12-10-8-6-4-2)32-28-26(31-24)22-21-23(29)27(28)30/h21-22H,3-20H2,1-2H3. The van der Waals surface area contributed by atoms with Gasteiger partial charge in [-0.15, -0.1) is 0 Å². The fourth-order valence-electron chi connectivity index (χ4n) is 4.39. The SMILES string of the molecule is CCCCCCCCCCc1nc2ccc(Br)c(Br)c2nc1CCCCCCCCCC. The van der Waals surface area contributed by atoms with E-state index in [2.05, 4.69) is 57.8 Å². The van der Waals surface area contributed by atoms with E-state index >= 15 is 0 Å². The van der Waals surface area contributed by atoms with Gasteiger partial charge in [-0.05, 0) is 69.7 Å². The summed E-state index contributed by atoms with van der Waals surface area (Å²) < 4.78 is 2.08. The lowest BCUT2D eigenvalue weighted by molar-refractivity contribution is 0.567. The molecule has 1 heterocycles. The minimum atomic E-state index is 0.994. The molecule has 2 aromatic rings. The lowest BCUT2D eigenvalue weighted by atomic mass is 10.0. The molecule has 2 nitrogen and oxygen atoms in total. The largest absolute Gasteiger partial charge is 0.249 e. The van der Waals surface area contributed by atoms with E-state index in [0.717, 1.165) is 32.8 Å². The minimum Gasteiger partial charge on any atom is -0.249 e. The number of halogens is 2. The van der Waals surface area contributed by atoms with Gasteiger partial charge in [-0.3, -0.25) is 0 Å². The zero-order valence-electron chi connectivity index (χ0n) is 20.5. The lowest BCUT2D eigenvalue weighted by Crippen LogP contribution is -2.04. The quantitative estimate of drug-likeness (QED) is 0.167. The molecule has 0 unspecified atom stereocenters. The van der Waals surface area contributed by atoms with E-state index in [0.29, 0.717) is 0 Å². The Kier molecular flexibility index (Phi) is 14.8. The van der Waals surface area contributed by atoms with Crippen LogP contribution in [0.25, 0.3) is 11.0 Å². The molecule has 0 aliphatic rings. The molecule has 0 bridgehead atoms. The molecule has 0 saturated carbocycles. The van der Waals surface area contributed by atoms with Crippen LogP contribution in [0.5, 0.6) is 0 Å². The van der Waals surface area contributed by atoms with Gasteiger partial charge in [-0.1, -0.05) is 104 Å². The molecule has 1 aromatic heterocycles. The number of hydrogen-bond acceptors (Lipinski definition) is 2. The van der Waals surface area contributed by atoms with Crippen molar-refractivity contribution in [3.05, 3.63) is 32.5 Å². The van der Waals surface area contributed by atoms with E-state index < -0.39 is 0 Å². The molecule has 180 valence electrons. The molecule has 32 heavy (non-hydrogen) atoms. The molecule has 0 spiro atoms. The van der Waals surface area contributed by atoms with Gasteiger partial charge in [0.2, 0.25) is 0 Å². The highest BCUT2D eigenvalue weighted by atomic mass is 79.9. The van der Waals surface area contributed by atoms with Crippen molar-refractivity contribution < 1.29 is 0 Å². The van der Waals surface area contributed by atoms with Crippen molar-refractivity contribution in [3.8, 4) is 0 Å². The Bertz CT molecular complexity index is 776. The summed E-state index contributed by atoms with van der Waals surface area (Å²) in [7, 11) is 0. The molecule has 0 radical (unpaired) electrons. The van der Waals surface area contributed by atoms with Crippen LogP contribution in [0.4, 0.5) is 0 Å². The Labute approximate surface area is 214 Å². The van der Waals surface area contributed by atoms with E-state index in [1.807, 2.05) is 0 Å². The summed E-state index contributed by atoms with van der Waals surface area (Å²) >= 11 is 7.34. The number of fused-ring (bicyclic) bond motifs is 1. The molecule has 0 fully saturated rings. The number of aryl methyl sites for hydroxylation is 2. The third kappa shape index (κ3) is 10.2. The molecule has 0 aliphatic carbocycles. The molecule has 0 aliphatic heterocycles. The fraction of sp³-hybridized carbons (Fsp3) is 0.714. The summed E-state index contributed by atoms with van der Waals surface area (Å²) in [6, 6.07) is 4.16. The smallest absolute Gasteiger partial charge is 0.104 e. The van der Waals surface area contributed by atoms with E-state index in [1.165, 1.54) is 114 Å². The van der Waals surface area contributed by atoms with Crippen LogP contribution in [0.2, 0.25) is 0 Å². The summed E-state index contributed by atoms with van der Waals surface area (Å²) in [5, 5.41) is 0. The normalized spacial score (nSPS) is 11.5. The molecule has 0 amide bonds. The van der Waals surface area contributed by atoms with Crippen molar-refractivity contribution in [2.45, 2.75) is 129 Å². The lowest BCUT2D eigenvalue weighted by Gasteiger charge is -2.12. The first-order chi connectivity index (χ1) is 15.7. The van der Waals surface area contributed by atoms with Crippen molar-refractivity contribution in [1.82, 2.24) is 9.97 Å². The second kappa shape index (κ2) is 17.0. The van der Waals surface area contributed by atoms with Crippen LogP contribution in [0.3, 0.4) is 0 Å². The maximum absolute atomic E-state index is 5.10. The molecule has 0 N–H and O–H groups in total. The van der Waals surface area contributed by atoms with Gasteiger partial charge in [0.1, 0.15) is 5.52 Å². The molecular formula is C28H44Br2N2. The van der Waals surface area contributed by atoms with Gasteiger partial charge in [0.05, 0.1) is 21.4 Å². The second-order valence-electron chi connectivity index (χ2n) is 9.30. The Morgan fingerprint density at radius 2 is 1.00 bits per heavy atom. The first kappa shape index (κ1) is 27.8. The number of hydrogen-bond donors (Lipinski definition) is 0. The Morgan fingerprint density at radius 3 is 1.50 bits per heavy atom. The van der Waals surface area contributed by atoms with Crippen molar-refractivity contribution in [3.63, 3.8) is 0 Å². The molecule has 0 saturated heterocycles. The maximum Gasteiger partial charge on any atom is 0.104 e. The number of unbranched alkanes of at least 4 members (excludes halogenated alkanes) is 14. The molecular weight excluding hydrogens is 524 g/mol. The number of nitrogens with zero attached hydrogens (tertiary/aromatic N) is 2. The Morgan fingerprint density at radius 1 is 0.562 bits per heavy atom. The van der Waals surface area contributed by atoms with Gasteiger partial charge in [0.15, 0.2) is 0 Å². The summed E-state index contributed by atoms with van der Waals surface area (Å²) in [6.07, 6.45) is 23.7. The van der Waals surface area contributed by atoms with Crippen molar-refractivity contribution in [2.75, 3.05) is 0 Å². The van der Waals surface area contributed by atoms with Gasteiger partial charge >= 0.3 is 0 Å². The Hall–Kier alpha value is -0.480. The molecule has 1 aromatic carbocycles. The zero-order chi connectivity index (χ0) is 23.0. The topological polar surface area (TPSA) is 25.8 Å². The number of aromatic nitrogens is 2. The van der Waals surface area contributed by atoms with E-state index in [9.17, 15) is 0 Å². The van der Waals surface area contributed by atoms with E-state index in [-0.39, 0.29) is 0 Å². The highest BCUT2D eigenvalue weighted by Gasteiger charge is 2.12. The van der Waals surface area contributed by atoms with Gasteiger partial charge in [-0.25, -0.2) is 9.97 Å². The van der Waals surface area contributed by atoms with Gasteiger partial charge in [-0.2, -0.15) is 0 Å². The van der Waals surface area contributed by atoms with Crippen molar-refractivity contribution >= 4 is 42.9 Å². The first-order valence-corrected chi connectivity index (χ1v) is 14.9. The van der Waals surface area contributed by atoms with Crippen molar-refractivity contribution in [2.24, 2.45) is 0 Å². The molecule has 4 heteroatoms. The van der Waals surface area contributed by atoms with E-state index in [1.54, 1.807) is 0 Å². The molecule has 0 atom stereocenters. The van der Waals surface area contributed by atoms with Crippen LogP contribution in [0.15, 0.2) is 21.1 Å². The summed E-state index contributed by atoms with van der Waals surface area (Å²) in [6.45, 7) is 4.57. The first-order valence-electron chi connectivity index (χ1n) is 13.3. The molecule has 2 rings (SSSR count). The predicted molar refractivity (Wildman–Crippen MR) is 148 cm³/mol. The maximum atomic E-state index is 5.10. The van der Waals surface area contributed by atoms with Gasteiger partial charge < -0.3 is 0 Å². The van der Waals surface area contributed by atoms with Crippen LogP contribution in [0, 0.1) is 0 Å². The average molecular weight is 568 g/mol. The Balaban J connectivity index is 1.90.